The van der Waals surface area contributed by atoms with Crippen molar-refractivity contribution in [3.63, 3.8) is 0 Å². The van der Waals surface area contributed by atoms with Crippen molar-refractivity contribution in [2.24, 2.45) is 0 Å². The van der Waals surface area contributed by atoms with E-state index in [-0.39, 0.29) is 23.6 Å². The van der Waals surface area contributed by atoms with E-state index in [1.54, 1.807) is 12.1 Å². The summed E-state index contributed by atoms with van der Waals surface area (Å²) < 4.78 is 38.5. The quantitative estimate of drug-likeness (QED) is 0.520. The van der Waals surface area contributed by atoms with Crippen molar-refractivity contribution in [2.45, 2.75) is 25.9 Å². The number of rotatable bonds is 6. The first-order valence-corrected chi connectivity index (χ1v) is 9.65. The first kappa shape index (κ1) is 22.1. The molecule has 0 atom stereocenters. The number of nitrogens with one attached hydrogen (secondary N) is 2. The first-order chi connectivity index (χ1) is 14.7. The molecule has 7 heteroatoms. The Morgan fingerprint density at radius 1 is 0.839 bits per heavy atom. The maximum absolute atomic E-state index is 12.8. The van der Waals surface area contributed by atoms with Crippen LogP contribution in [0.5, 0.6) is 0 Å². The highest BCUT2D eigenvalue weighted by molar-refractivity contribution is 6.05. The van der Waals surface area contributed by atoms with Crippen LogP contribution < -0.4 is 10.6 Å². The second-order valence-electron chi connectivity index (χ2n) is 7.15. The normalized spacial score (nSPS) is 11.1. The minimum Gasteiger partial charge on any atom is -0.326 e. The summed E-state index contributed by atoms with van der Waals surface area (Å²) in [6.07, 6.45) is -3.63. The van der Waals surface area contributed by atoms with Crippen LogP contribution in [0, 0.1) is 6.92 Å². The molecular formula is C24H21F3N2O2. The van der Waals surface area contributed by atoms with Crippen LogP contribution in [-0.4, -0.2) is 11.8 Å². The Morgan fingerprint density at radius 2 is 1.48 bits per heavy atom. The highest BCUT2D eigenvalue weighted by Crippen LogP contribution is 2.30. The Kier molecular flexibility index (Phi) is 6.74. The van der Waals surface area contributed by atoms with E-state index in [0.717, 1.165) is 23.3 Å². The van der Waals surface area contributed by atoms with Gasteiger partial charge in [-0.2, -0.15) is 13.2 Å². The molecule has 0 bridgehead atoms. The van der Waals surface area contributed by atoms with E-state index in [2.05, 4.69) is 10.6 Å². The molecule has 3 aromatic rings. The topological polar surface area (TPSA) is 58.2 Å². The summed E-state index contributed by atoms with van der Waals surface area (Å²) in [5.74, 6) is -0.772. The van der Waals surface area contributed by atoms with Gasteiger partial charge in [0.1, 0.15) is 0 Å². The lowest BCUT2D eigenvalue weighted by molar-refractivity contribution is -0.137. The molecule has 0 radical (unpaired) electrons. The molecule has 0 aromatic heterocycles. The maximum atomic E-state index is 12.8. The first-order valence-electron chi connectivity index (χ1n) is 9.65. The number of benzene rings is 3. The fourth-order valence-corrected chi connectivity index (χ4v) is 2.95. The van der Waals surface area contributed by atoms with E-state index < -0.39 is 17.6 Å². The average Bonchev–Trinajstić information content (AvgIpc) is 2.73. The van der Waals surface area contributed by atoms with Gasteiger partial charge in [-0.15, -0.1) is 0 Å². The number of carbonyl (C=O) groups is 2. The summed E-state index contributed by atoms with van der Waals surface area (Å²) >= 11 is 0. The lowest BCUT2D eigenvalue weighted by Crippen LogP contribution is -2.15. The zero-order valence-electron chi connectivity index (χ0n) is 16.8. The maximum Gasteiger partial charge on any atom is 0.416 e. The minimum atomic E-state index is -4.50. The third-order valence-corrected chi connectivity index (χ3v) is 4.62. The molecule has 0 aliphatic rings. The smallest absolute Gasteiger partial charge is 0.326 e. The van der Waals surface area contributed by atoms with Crippen LogP contribution in [0.1, 0.15) is 33.5 Å². The second-order valence-corrected chi connectivity index (χ2v) is 7.15. The van der Waals surface area contributed by atoms with Gasteiger partial charge in [-0.25, -0.2) is 0 Å². The summed E-state index contributed by atoms with van der Waals surface area (Å²) in [7, 11) is 0. The zero-order chi connectivity index (χ0) is 22.4. The Balaban J connectivity index is 1.61. The van der Waals surface area contributed by atoms with E-state index in [1.807, 2.05) is 31.2 Å². The molecule has 2 amide bonds. The molecule has 0 unspecified atom stereocenters. The van der Waals surface area contributed by atoms with E-state index in [0.29, 0.717) is 12.1 Å². The van der Waals surface area contributed by atoms with Gasteiger partial charge in [-0.05, 0) is 55.3 Å². The molecule has 3 aromatic carbocycles. The van der Waals surface area contributed by atoms with Crippen LogP contribution in [0.15, 0.2) is 72.8 Å². The zero-order valence-corrected chi connectivity index (χ0v) is 16.8. The minimum absolute atomic E-state index is 0.0346. The molecule has 0 saturated carbocycles. The van der Waals surface area contributed by atoms with Gasteiger partial charge in [0.2, 0.25) is 5.91 Å². The Bertz CT molecular complexity index is 1080. The molecule has 0 fully saturated rings. The number of anilines is 2. The van der Waals surface area contributed by atoms with Crippen LogP contribution in [0.4, 0.5) is 24.5 Å². The molecule has 2 N–H and O–H groups in total. The van der Waals surface area contributed by atoms with Crippen LogP contribution in [-0.2, 0) is 17.4 Å². The van der Waals surface area contributed by atoms with Gasteiger partial charge < -0.3 is 10.6 Å². The Morgan fingerprint density at radius 3 is 2.16 bits per heavy atom. The fraction of sp³-hybridized carbons (Fsp3) is 0.167. The monoisotopic (exact) mass is 426 g/mol. The number of carbonyl (C=O) groups excluding carboxylic acids is 2. The van der Waals surface area contributed by atoms with Crippen LogP contribution in [0.3, 0.4) is 0 Å². The molecule has 0 heterocycles. The van der Waals surface area contributed by atoms with Crippen molar-refractivity contribution in [2.75, 3.05) is 10.6 Å². The number of hydrogen-bond donors (Lipinski definition) is 2. The number of aryl methyl sites for hydroxylation is 2. The number of hydrogen-bond acceptors (Lipinski definition) is 2. The molecule has 0 saturated heterocycles. The number of alkyl halides is 3. The summed E-state index contributed by atoms with van der Waals surface area (Å²) in [5.41, 5.74) is 2.04. The van der Waals surface area contributed by atoms with E-state index in [9.17, 15) is 22.8 Å². The largest absolute Gasteiger partial charge is 0.416 e. The number of halogens is 3. The molecule has 0 spiro atoms. The predicted octanol–water partition coefficient (Wildman–Crippen LogP) is 5.84. The third kappa shape index (κ3) is 6.44. The molecule has 0 aliphatic carbocycles. The molecule has 160 valence electrons. The second kappa shape index (κ2) is 9.47. The summed E-state index contributed by atoms with van der Waals surface area (Å²) in [4.78, 5) is 24.7. The highest BCUT2D eigenvalue weighted by Gasteiger charge is 2.30. The van der Waals surface area contributed by atoms with Gasteiger partial charge in [0.05, 0.1) is 5.56 Å². The number of amides is 2. The standard InChI is InChI=1S/C24H21F3N2O2/c1-16-8-10-17(11-9-16)12-13-22(30)28-20-6-2-4-18(14-20)23(31)29-21-7-3-5-19(15-21)24(25,26)27/h2-11,14-15H,12-13H2,1H3,(H,28,30)(H,29,31). The van der Waals surface area contributed by atoms with Crippen molar-refractivity contribution in [3.8, 4) is 0 Å². The fourth-order valence-electron chi connectivity index (χ4n) is 2.95. The highest BCUT2D eigenvalue weighted by atomic mass is 19.4. The molecule has 31 heavy (non-hydrogen) atoms. The van der Waals surface area contributed by atoms with Gasteiger partial charge in [0.25, 0.3) is 5.91 Å². The van der Waals surface area contributed by atoms with Gasteiger partial charge in [-0.1, -0.05) is 42.0 Å². The predicted molar refractivity (Wildman–Crippen MR) is 114 cm³/mol. The summed E-state index contributed by atoms with van der Waals surface area (Å²) in [5, 5.41) is 5.19. The lowest BCUT2D eigenvalue weighted by Gasteiger charge is -2.11. The Labute approximate surface area is 178 Å². The molecular weight excluding hydrogens is 405 g/mol. The van der Waals surface area contributed by atoms with E-state index >= 15 is 0 Å². The van der Waals surface area contributed by atoms with Gasteiger partial charge in [0.15, 0.2) is 0 Å². The van der Waals surface area contributed by atoms with E-state index in [1.165, 1.54) is 24.3 Å². The van der Waals surface area contributed by atoms with Crippen molar-refractivity contribution in [1.29, 1.82) is 0 Å². The van der Waals surface area contributed by atoms with Crippen molar-refractivity contribution >= 4 is 23.2 Å². The summed E-state index contributed by atoms with van der Waals surface area (Å²) in [6, 6.07) is 18.6. The lowest BCUT2D eigenvalue weighted by atomic mass is 10.1. The SMILES string of the molecule is Cc1ccc(CCC(=O)Nc2cccc(C(=O)Nc3cccc(C(F)(F)F)c3)c2)cc1. The summed E-state index contributed by atoms with van der Waals surface area (Å²) in [6.45, 7) is 1.99. The van der Waals surface area contributed by atoms with Crippen molar-refractivity contribution in [3.05, 3.63) is 95.1 Å². The average molecular weight is 426 g/mol. The van der Waals surface area contributed by atoms with Gasteiger partial charge >= 0.3 is 6.18 Å². The van der Waals surface area contributed by atoms with Gasteiger partial charge in [-0.3, -0.25) is 9.59 Å². The van der Waals surface area contributed by atoms with Crippen LogP contribution >= 0.6 is 0 Å². The third-order valence-electron chi connectivity index (χ3n) is 4.62. The molecule has 3 rings (SSSR count). The van der Waals surface area contributed by atoms with Crippen molar-refractivity contribution in [1.82, 2.24) is 0 Å². The van der Waals surface area contributed by atoms with Crippen LogP contribution in [0.2, 0.25) is 0 Å². The van der Waals surface area contributed by atoms with Gasteiger partial charge in [0, 0.05) is 23.4 Å². The van der Waals surface area contributed by atoms with E-state index in [4.69, 9.17) is 0 Å². The Hall–Kier alpha value is -3.61. The van der Waals surface area contributed by atoms with Crippen molar-refractivity contribution < 1.29 is 22.8 Å². The van der Waals surface area contributed by atoms with Crippen LogP contribution in [0.25, 0.3) is 0 Å². The molecule has 0 aliphatic heterocycles. The molecule has 4 nitrogen and oxygen atoms in total.